The zero-order chi connectivity index (χ0) is 11.8. The van der Waals surface area contributed by atoms with Crippen LogP contribution in [0.5, 0.6) is 0 Å². The van der Waals surface area contributed by atoms with Gasteiger partial charge in [0.25, 0.3) is 0 Å². The Morgan fingerprint density at radius 3 is 2.00 bits per heavy atom. The molecule has 2 heteroatoms. The van der Waals surface area contributed by atoms with Gasteiger partial charge in [0.15, 0.2) is 0 Å². The second-order valence-electron chi connectivity index (χ2n) is 5.03. The maximum Gasteiger partial charge on any atom is 0.0750 e. The standard InChI is InChI=1S/C13H29NO/c1-7-15-13(11(4)5)12(14-6)9-8-10(2)3/h10-14H,7-9H2,1-6H3. The molecule has 0 amide bonds. The first-order valence-corrected chi connectivity index (χ1v) is 6.31. The molecule has 0 bridgehead atoms. The maximum absolute atomic E-state index is 5.83. The van der Waals surface area contributed by atoms with E-state index in [0.717, 1.165) is 12.5 Å². The van der Waals surface area contributed by atoms with Crippen LogP contribution in [0.3, 0.4) is 0 Å². The fourth-order valence-electron chi connectivity index (χ4n) is 1.95. The molecule has 92 valence electrons. The molecule has 0 aromatic carbocycles. The highest BCUT2D eigenvalue weighted by molar-refractivity contribution is 4.78. The highest BCUT2D eigenvalue weighted by Crippen LogP contribution is 2.17. The predicted molar refractivity (Wildman–Crippen MR) is 67.2 cm³/mol. The van der Waals surface area contributed by atoms with Crippen LogP contribution in [-0.4, -0.2) is 25.8 Å². The molecule has 0 rings (SSSR count). The summed E-state index contributed by atoms with van der Waals surface area (Å²) in [4.78, 5) is 0. The second kappa shape index (κ2) is 8.12. The van der Waals surface area contributed by atoms with Crippen molar-refractivity contribution in [3.63, 3.8) is 0 Å². The number of likely N-dealkylation sites (N-methyl/N-ethyl adjacent to an activating group) is 1. The van der Waals surface area contributed by atoms with Gasteiger partial charge in [-0.15, -0.1) is 0 Å². The van der Waals surface area contributed by atoms with Crippen LogP contribution >= 0.6 is 0 Å². The summed E-state index contributed by atoms with van der Waals surface area (Å²) in [5, 5.41) is 3.40. The summed E-state index contributed by atoms with van der Waals surface area (Å²) >= 11 is 0. The maximum atomic E-state index is 5.83. The van der Waals surface area contributed by atoms with Crippen LogP contribution in [0.25, 0.3) is 0 Å². The van der Waals surface area contributed by atoms with Crippen molar-refractivity contribution in [1.29, 1.82) is 0 Å². The fourth-order valence-corrected chi connectivity index (χ4v) is 1.95. The number of nitrogens with one attached hydrogen (secondary N) is 1. The van der Waals surface area contributed by atoms with Crippen molar-refractivity contribution in [2.24, 2.45) is 11.8 Å². The van der Waals surface area contributed by atoms with E-state index in [4.69, 9.17) is 4.74 Å². The summed E-state index contributed by atoms with van der Waals surface area (Å²) in [6.45, 7) is 11.9. The van der Waals surface area contributed by atoms with Crippen LogP contribution in [0.15, 0.2) is 0 Å². The van der Waals surface area contributed by atoms with E-state index in [1.54, 1.807) is 0 Å². The molecule has 0 fully saturated rings. The van der Waals surface area contributed by atoms with Gasteiger partial charge < -0.3 is 10.1 Å². The zero-order valence-electron chi connectivity index (χ0n) is 11.3. The third-order valence-corrected chi connectivity index (χ3v) is 2.84. The van der Waals surface area contributed by atoms with Gasteiger partial charge in [-0.25, -0.2) is 0 Å². The molecule has 0 spiro atoms. The molecule has 2 atom stereocenters. The molecule has 0 aromatic rings. The van der Waals surface area contributed by atoms with Gasteiger partial charge in [0.05, 0.1) is 6.10 Å². The van der Waals surface area contributed by atoms with Crippen molar-refractivity contribution in [2.45, 2.75) is 59.6 Å². The highest BCUT2D eigenvalue weighted by Gasteiger charge is 2.23. The van der Waals surface area contributed by atoms with Gasteiger partial charge in [-0.05, 0) is 38.6 Å². The Morgan fingerprint density at radius 1 is 1.07 bits per heavy atom. The van der Waals surface area contributed by atoms with Crippen LogP contribution < -0.4 is 5.32 Å². The van der Waals surface area contributed by atoms with Gasteiger partial charge >= 0.3 is 0 Å². The van der Waals surface area contributed by atoms with E-state index in [-0.39, 0.29) is 0 Å². The quantitative estimate of drug-likeness (QED) is 0.672. The Labute approximate surface area is 95.8 Å². The summed E-state index contributed by atoms with van der Waals surface area (Å²) in [5.74, 6) is 1.35. The van der Waals surface area contributed by atoms with E-state index in [0.29, 0.717) is 18.1 Å². The molecule has 2 unspecified atom stereocenters. The average molecular weight is 215 g/mol. The number of hydrogen-bond donors (Lipinski definition) is 1. The van der Waals surface area contributed by atoms with Crippen molar-refractivity contribution >= 4 is 0 Å². The van der Waals surface area contributed by atoms with Crippen molar-refractivity contribution in [3.8, 4) is 0 Å². The van der Waals surface area contributed by atoms with Crippen molar-refractivity contribution in [1.82, 2.24) is 5.32 Å². The fraction of sp³-hybridized carbons (Fsp3) is 1.00. The summed E-state index contributed by atoms with van der Waals surface area (Å²) in [7, 11) is 2.04. The number of ether oxygens (including phenoxy) is 1. The molecule has 2 nitrogen and oxygen atoms in total. The Hall–Kier alpha value is -0.0800. The third-order valence-electron chi connectivity index (χ3n) is 2.84. The average Bonchev–Trinajstić information content (AvgIpc) is 2.16. The molecule has 1 N–H and O–H groups in total. The molecular formula is C13H29NO. The molecule has 0 saturated heterocycles. The summed E-state index contributed by atoms with van der Waals surface area (Å²) in [6.07, 6.45) is 2.82. The minimum atomic E-state index is 0.346. The monoisotopic (exact) mass is 215 g/mol. The molecule has 15 heavy (non-hydrogen) atoms. The third kappa shape index (κ3) is 6.16. The van der Waals surface area contributed by atoms with Gasteiger partial charge in [0, 0.05) is 12.6 Å². The first-order chi connectivity index (χ1) is 7.02. The van der Waals surface area contributed by atoms with Crippen molar-refractivity contribution < 1.29 is 4.74 Å². The smallest absolute Gasteiger partial charge is 0.0750 e. The van der Waals surface area contributed by atoms with Crippen LogP contribution in [0.2, 0.25) is 0 Å². The zero-order valence-corrected chi connectivity index (χ0v) is 11.3. The predicted octanol–water partition coefficient (Wildman–Crippen LogP) is 3.07. The Morgan fingerprint density at radius 2 is 1.67 bits per heavy atom. The normalized spacial score (nSPS) is 16.0. The van der Waals surface area contributed by atoms with Gasteiger partial charge in [-0.1, -0.05) is 27.7 Å². The van der Waals surface area contributed by atoms with Crippen LogP contribution in [0.1, 0.15) is 47.5 Å². The topological polar surface area (TPSA) is 21.3 Å². The summed E-state index contributed by atoms with van der Waals surface area (Å²) in [6, 6.07) is 0.493. The second-order valence-corrected chi connectivity index (χ2v) is 5.03. The van der Waals surface area contributed by atoms with E-state index >= 15 is 0 Å². The Balaban J connectivity index is 4.18. The van der Waals surface area contributed by atoms with E-state index in [1.165, 1.54) is 12.8 Å². The summed E-state index contributed by atoms with van der Waals surface area (Å²) in [5.41, 5.74) is 0. The van der Waals surface area contributed by atoms with E-state index in [2.05, 4.69) is 39.9 Å². The van der Waals surface area contributed by atoms with Gasteiger partial charge in [-0.3, -0.25) is 0 Å². The first kappa shape index (κ1) is 14.9. The molecule has 0 aliphatic heterocycles. The lowest BCUT2D eigenvalue weighted by Crippen LogP contribution is -2.42. The largest absolute Gasteiger partial charge is 0.377 e. The molecular weight excluding hydrogens is 186 g/mol. The Bertz CT molecular complexity index is 145. The minimum Gasteiger partial charge on any atom is -0.377 e. The van der Waals surface area contributed by atoms with Gasteiger partial charge in [0.2, 0.25) is 0 Å². The van der Waals surface area contributed by atoms with Crippen LogP contribution in [0.4, 0.5) is 0 Å². The number of rotatable bonds is 8. The Kier molecular flexibility index (Phi) is 8.07. The molecule has 0 aliphatic carbocycles. The SMILES string of the molecule is CCOC(C(C)C)C(CCC(C)C)NC. The van der Waals surface area contributed by atoms with Crippen LogP contribution in [0, 0.1) is 11.8 Å². The van der Waals surface area contributed by atoms with E-state index in [1.807, 2.05) is 7.05 Å². The van der Waals surface area contributed by atoms with E-state index in [9.17, 15) is 0 Å². The molecule has 0 saturated carbocycles. The summed E-state index contributed by atoms with van der Waals surface area (Å²) < 4.78 is 5.83. The molecule has 0 aliphatic rings. The van der Waals surface area contributed by atoms with Gasteiger partial charge in [0.1, 0.15) is 0 Å². The lowest BCUT2D eigenvalue weighted by molar-refractivity contribution is 0.00217. The van der Waals surface area contributed by atoms with Gasteiger partial charge in [-0.2, -0.15) is 0 Å². The minimum absolute atomic E-state index is 0.346. The van der Waals surface area contributed by atoms with Crippen molar-refractivity contribution in [3.05, 3.63) is 0 Å². The molecule has 0 heterocycles. The molecule has 0 radical (unpaired) electrons. The van der Waals surface area contributed by atoms with Crippen LogP contribution in [-0.2, 0) is 4.74 Å². The lowest BCUT2D eigenvalue weighted by Gasteiger charge is -2.30. The highest BCUT2D eigenvalue weighted by atomic mass is 16.5. The first-order valence-electron chi connectivity index (χ1n) is 6.31. The number of hydrogen-bond acceptors (Lipinski definition) is 2. The molecule has 0 aromatic heterocycles. The lowest BCUT2D eigenvalue weighted by atomic mass is 9.93. The van der Waals surface area contributed by atoms with E-state index < -0.39 is 0 Å². The van der Waals surface area contributed by atoms with Crippen molar-refractivity contribution in [2.75, 3.05) is 13.7 Å².